The van der Waals surface area contributed by atoms with Crippen molar-refractivity contribution in [2.75, 3.05) is 13.6 Å². The normalized spacial score (nSPS) is 29.7. The molecule has 8 heteroatoms. The molecule has 0 radical (unpaired) electrons. The molecule has 0 aliphatic carbocycles. The lowest BCUT2D eigenvalue weighted by molar-refractivity contribution is -0.143. The van der Waals surface area contributed by atoms with Crippen LogP contribution in [0.15, 0.2) is 0 Å². The number of hydrogen-bond acceptors (Lipinski definition) is 4. The molecule has 21 heavy (non-hydrogen) atoms. The third kappa shape index (κ3) is 2.98. The van der Waals surface area contributed by atoms with E-state index in [4.69, 9.17) is 5.11 Å². The third-order valence-electron chi connectivity index (χ3n) is 4.17. The van der Waals surface area contributed by atoms with Gasteiger partial charge in [0.1, 0.15) is 6.04 Å². The van der Waals surface area contributed by atoms with Gasteiger partial charge in [0, 0.05) is 19.6 Å². The molecule has 0 spiro atoms. The van der Waals surface area contributed by atoms with Crippen molar-refractivity contribution >= 4 is 23.8 Å². The number of aliphatic carboxylic acids is 1. The van der Waals surface area contributed by atoms with Crippen LogP contribution in [0.2, 0.25) is 0 Å². The van der Waals surface area contributed by atoms with Gasteiger partial charge in [-0.2, -0.15) is 0 Å². The molecule has 0 aromatic heterocycles. The fourth-order valence-corrected chi connectivity index (χ4v) is 2.80. The van der Waals surface area contributed by atoms with Crippen LogP contribution in [0, 0.1) is 5.92 Å². The van der Waals surface area contributed by atoms with Crippen LogP contribution < -0.4 is 5.32 Å². The second-order valence-corrected chi connectivity index (χ2v) is 5.60. The fourth-order valence-electron chi connectivity index (χ4n) is 2.80. The zero-order valence-electron chi connectivity index (χ0n) is 12.0. The van der Waals surface area contributed by atoms with Gasteiger partial charge in [0.2, 0.25) is 5.91 Å². The number of carbonyl (C=O) groups is 4. The maximum Gasteiger partial charge on any atom is 0.318 e. The highest BCUT2D eigenvalue weighted by Gasteiger charge is 2.39. The average molecular weight is 297 g/mol. The fraction of sp³-hybridized carbons (Fsp3) is 0.692. The van der Waals surface area contributed by atoms with E-state index in [0.29, 0.717) is 19.4 Å². The Labute approximate surface area is 122 Å². The summed E-state index contributed by atoms with van der Waals surface area (Å²) in [5.74, 6) is -2.02. The number of likely N-dealkylation sites (N-methyl/N-ethyl adjacent to an activating group) is 1. The largest absolute Gasteiger partial charge is 0.481 e. The van der Waals surface area contributed by atoms with E-state index in [9.17, 15) is 19.2 Å². The van der Waals surface area contributed by atoms with Gasteiger partial charge in [0.15, 0.2) is 0 Å². The van der Waals surface area contributed by atoms with Crippen molar-refractivity contribution in [2.24, 2.45) is 5.92 Å². The van der Waals surface area contributed by atoms with E-state index in [0.717, 1.165) is 4.90 Å². The van der Waals surface area contributed by atoms with Crippen molar-refractivity contribution in [3.8, 4) is 0 Å². The smallest absolute Gasteiger partial charge is 0.318 e. The van der Waals surface area contributed by atoms with Crippen molar-refractivity contribution in [1.29, 1.82) is 0 Å². The number of urea groups is 1. The standard InChI is InChI=1S/C13H19N3O5/c1-7-5-8(12(19)20)3-4-16(7)13(21)14-9-6-10(17)15(2)11(9)18/h7-9H,3-6H2,1-2H3,(H,14,21)(H,19,20). The SMILES string of the molecule is CC1CC(C(=O)O)CCN1C(=O)NC1CC(=O)N(C)C1=O. The molecule has 4 amide bonds. The summed E-state index contributed by atoms with van der Waals surface area (Å²) in [6.07, 6.45) is 0.756. The molecule has 8 nitrogen and oxygen atoms in total. The summed E-state index contributed by atoms with van der Waals surface area (Å²) in [5, 5.41) is 11.6. The van der Waals surface area contributed by atoms with Crippen LogP contribution in [-0.2, 0) is 14.4 Å². The van der Waals surface area contributed by atoms with Crippen molar-refractivity contribution in [1.82, 2.24) is 15.1 Å². The Morgan fingerprint density at radius 3 is 2.48 bits per heavy atom. The summed E-state index contributed by atoms with van der Waals surface area (Å²) >= 11 is 0. The van der Waals surface area contributed by atoms with E-state index in [1.165, 1.54) is 11.9 Å². The van der Waals surface area contributed by atoms with E-state index in [-0.39, 0.29) is 18.4 Å². The zero-order chi connectivity index (χ0) is 15.7. The van der Waals surface area contributed by atoms with E-state index in [1.807, 2.05) is 0 Å². The zero-order valence-corrected chi connectivity index (χ0v) is 12.0. The van der Waals surface area contributed by atoms with Crippen LogP contribution in [0.4, 0.5) is 4.79 Å². The molecule has 2 N–H and O–H groups in total. The van der Waals surface area contributed by atoms with E-state index < -0.39 is 29.9 Å². The third-order valence-corrected chi connectivity index (χ3v) is 4.17. The quantitative estimate of drug-likeness (QED) is 0.677. The van der Waals surface area contributed by atoms with Crippen LogP contribution in [0.3, 0.4) is 0 Å². The van der Waals surface area contributed by atoms with Crippen LogP contribution >= 0.6 is 0 Å². The number of hydrogen-bond donors (Lipinski definition) is 2. The molecule has 3 unspecified atom stereocenters. The second-order valence-electron chi connectivity index (χ2n) is 5.60. The Morgan fingerprint density at radius 1 is 1.33 bits per heavy atom. The highest BCUT2D eigenvalue weighted by atomic mass is 16.4. The highest BCUT2D eigenvalue weighted by molar-refractivity contribution is 6.06. The van der Waals surface area contributed by atoms with Gasteiger partial charge in [-0.3, -0.25) is 19.3 Å². The van der Waals surface area contributed by atoms with Crippen molar-refractivity contribution < 1.29 is 24.3 Å². The first-order chi connectivity index (χ1) is 9.81. The Hall–Kier alpha value is -2.12. The first-order valence-electron chi connectivity index (χ1n) is 6.91. The summed E-state index contributed by atoms with van der Waals surface area (Å²) in [6, 6.07) is -1.46. The molecule has 2 aliphatic rings. The number of carboxylic acid groups (broad SMARTS) is 1. The monoisotopic (exact) mass is 297 g/mol. The maximum absolute atomic E-state index is 12.2. The van der Waals surface area contributed by atoms with Gasteiger partial charge in [-0.05, 0) is 19.8 Å². The summed E-state index contributed by atoms with van der Waals surface area (Å²) in [7, 11) is 1.39. The summed E-state index contributed by atoms with van der Waals surface area (Å²) in [4.78, 5) is 48.8. The lowest BCUT2D eigenvalue weighted by atomic mass is 9.92. The number of nitrogens with one attached hydrogen (secondary N) is 1. The first kappa shape index (κ1) is 15.3. The van der Waals surface area contributed by atoms with Crippen LogP contribution in [0.1, 0.15) is 26.2 Å². The maximum atomic E-state index is 12.2. The second kappa shape index (κ2) is 5.71. The Bertz CT molecular complexity index is 492. The van der Waals surface area contributed by atoms with Gasteiger partial charge in [-0.25, -0.2) is 4.79 Å². The van der Waals surface area contributed by atoms with E-state index in [1.54, 1.807) is 6.92 Å². The highest BCUT2D eigenvalue weighted by Crippen LogP contribution is 2.23. The molecule has 2 heterocycles. The molecular weight excluding hydrogens is 278 g/mol. The average Bonchev–Trinajstić information content (AvgIpc) is 2.66. The number of piperidine rings is 1. The molecule has 0 aromatic carbocycles. The summed E-state index contributed by atoms with van der Waals surface area (Å²) in [5.41, 5.74) is 0. The lowest BCUT2D eigenvalue weighted by Gasteiger charge is -2.36. The van der Waals surface area contributed by atoms with Crippen LogP contribution in [0.25, 0.3) is 0 Å². The predicted molar refractivity (Wildman–Crippen MR) is 71.2 cm³/mol. The number of imide groups is 1. The Morgan fingerprint density at radius 2 is 2.00 bits per heavy atom. The Balaban J connectivity index is 1.94. The van der Waals surface area contributed by atoms with Crippen molar-refractivity contribution in [3.63, 3.8) is 0 Å². The topological polar surface area (TPSA) is 107 Å². The molecule has 0 aromatic rings. The van der Waals surface area contributed by atoms with Gasteiger partial charge in [-0.15, -0.1) is 0 Å². The van der Waals surface area contributed by atoms with E-state index in [2.05, 4.69) is 5.32 Å². The number of amides is 4. The molecule has 2 fully saturated rings. The van der Waals surface area contributed by atoms with E-state index >= 15 is 0 Å². The van der Waals surface area contributed by atoms with Crippen LogP contribution in [-0.4, -0.2) is 64.4 Å². The van der Waals surface area contributed by atoms with Crippen molar-refractivity contribution in [3.05, 3.63) is 0 Å². The van der Waals surface area contributed by atoms with Gasteiger partial charge >= 0.3 is 12.0 Å². The molecule has 3 atom stereocenters. The van der Waals surface area contributed by atoms with Gasteiger partial charge in [0.25, 0.3) is 5.91 Å². The summed E-state index contributed by atoms with van der Waals surface area (Å²) in [6.45, 7) is 2.11. The number of likely N-dealkylation sites (tertiary alicyclic amines) is 2. The molecule has 0 saturated carbocycles. The number of rotatable bonds is 2. The first-order valence-corrected chi connectivity index (χ1v) is 6.91. The number of carboxylic acids is 1. The minimum Gasteiger partial charge on any atom is -0.481 e. The molecule has 116 valence electrons. The predicted octanol–water partition coefficient (Wildman–Crippen LogP) is -0.362. The lowest BCUT2D eigenvalue weighted by Crippen LogP contribution is -2.53. The molecule has 2 rings (SSSR count). The minimum absolute atomic E-state index is 0.0267. The number of nitrogens with zero attached hydrogens (tertiary/aromatic N) is 2. The van der Waals surface area contributed by atoms with Gasteiger partial charge in [0.05, 0.1) is 12.3 Å². The van der Waals surface area contributed by atoms with Gasteiger partial charge < -0.3 is 15.3 Å². The molecular formula is C13H19N3O5. The molecule has 2 aliphatic heterocycles. The Kier molecular flexibility index (Phi) is 4.15. The molecule has 2 saturated heterocycles. The minimum atomic E-state index is -0.847. The van der Waals surface area contributed by atoms with Crippen LogP contribution in [0.5, 0.6) is 0 Å². The number of carbonyl (C=O) groups excluding carboxylic acids is 3. The molecule has 0 bridgehead atoms. The summed E-state index contributed by atoms with van der Waals surface area (Å²) < 4.78 is 0. The van der Waals surface area contributed by atoms with Gasteiger partial charge in [-0.1, -0.05) is 0 Å². The van der Waals surface area contributed by atoms with Crippen molar-refractivity contribution in [2.45, 2.75) is 38.3 Å².